The van der Waals surface area contributed by atoms with Gasteiger partial charge in [-0.15, -0.1) is 0 Å². The largest absolute Gasteiger partial charge is 0.496 e. The molecule has 1 aromatic carbocycles. The predicted octanol–water partition coefficient (Wildman–Crippen LogP) is 3.41. The Bertz CT molecular complexity index is 326. The maximum atomic E-state index is 9.25. The molecule has 1 N–H and O–H groups in total. The van der Waals surface area contributed by atoms with Crippen molar-refractivity contribution in [2.24, 2.45) is 5.92 Å². The van der Waals surface area contributed by atoms with E-state index in [1.165, 1.54) is 5.56 Å². The molecular weight excluding hydrogens is 268 g/mol. The van der Waals surface area contributed by atoms with Crippen LogP contribution in [-0.4, -0.2) is 18.8 Å². The van der Waals surface area contributed by atoms with Crippen molar-refractivity contribution in [1.29, 1.82) is 0 Å². The first-order chi connectivity index (χ1) is 7.71. The summed E-state index contributed by atoms with van der Waals surface area (Å²) in [5, 5.41) is 9.25. The topological polar surface area (TPSA) is 29.5 Å². The summed E-state index contributed by atoms with van der Waals surface area (Å²) in [5.74, 6) is 1.21. The third-order valence-electron chi connectivity index (χ3n) is 2.70. The SMILES string of the molecule is CCCC(CO)Cc1ccc(OC)c(Br)c1. The van der Waals surface area contributed by atoms with Gasteiger partial charge in [-0.2, -0.15) is 0 Å². The van der Waals surface area contributed by atoms with Gasteiger partial charge >= 0.3 is 0 Å². The van der Waals surface area contributed by atoms with E-state index >= 15 is 0 Å². The van der Waals surface area contributed by atoms with Gasteiger partial charge in [-0.25, -0.2) is 0 Å². The molecule has 0 heterocycles. The summed E-state index contributed by atoms with van der Waals surface area (Å²) in [5.41, 5.74) is 1.24. The first-order valence-corrected chi connectivity index (χ1v) is 6.43. The van der Waals surface area contributed by atoms with E-state index in [0.29, 0.717) is 5.92 Å². The lowest BCUT2D eigenvalue weighted by Gasteiger charge is -2.13. The van der Waals surface area contributed by atoms with Crippen LogP contribution >= 0.6 is 15.9 Å². The number of methoxy groups -OCH3 is 1. The maximum absolute atomic E-state index is 9.25. The standard InChI is InChI=1S/C13H19BrO2/c1-3-4-11(9-15)7-10-5-6-13(16-2)12(14)8-10/h5-6,8,11,15H,3-4,7,9H2,1-2H3. The molecule has 0 aliphatic heterocycles. The smallest absolute Gasteiger partial charge is 0.133 e. The van der Waals surface area contributed by atoms with Crippen LogP contribution in [0.1, 0.15) is 25.3 Å². The molecule has 0 aromatic heterocycles. The summed E-state index contributed by atoms with van der Waals surface area (Å²) in [6.07, 6.45) is 3.11. The summed E-state index contributed by atoms with van der Waals surface area (Å²) in [6, 6.07) is 6.08. The van der Waals surface area contributed by atoms with Crippen molar-refractivity contribution in [3.8, 4) is 5.75 Å². The van der Waals surface area contributed by atoms with E-state index < -0.39 is 0 Å². The van der Waals surface area contributed by atoms with Crippen LogP contribution in [0.3, 0.4) is 0 Å². The number of ether oxygens (including phenoxy) is 1. The summed E-state index contributed by atoms with van der Waals surface area (Å²) in [7, 11) is 1.66. The first-order valence-electron chi connectivity index (χ1n) is 5.64. The summed E-state index contributed by atoms with van der Waals surface area (Å²) in [6.45, 7) is 2.41. The van der Waals surface area contributed by atoms with E-state index in [1.54, 1.807) is 7.11 Å². The molecule has 0 aliphatic carbocycles. The zero-order valence-electron chi connectivity index (χ0n) is 9.87. The second-order valence-corrected chi connectivity index (χ2v) is 4.86. The van der Waals surface area contributed by atoms with Gasteiger partial charge < -0.3 is 9.84 Å². The Kier molecular flexibility index (Phi) is 5.85. The third kappa shape index (κ3) is 3.80. The number of hydrogen-bond donors (Lipinski definition) is 1. The van der Waals surface area contributed by atoms with Crippen LogP contribution in [0.5, 0.6) is 5.75 Å². The third-order valence-corrected chi connectivity index (χ3v) is 3.32. The quantitative estimate of drug-likeness (QED) is 0.868. The minimum absolute atomic E-state index is 0.261. The van der Waals surface area contributed by atoms with E-state index in [9.17, 15) is 5.11 Å². The van der Waals surface area contributed by atoms with Gasteiger partial charge in [-0.1, -0.05) is 19.4 Å². The summed E-state index contributed by atoms with van der Waals surface area (Å²) in [4.78, 5) is 0. The van der Waals surface area contributed by atoms with Crippen LogP contribution in [0.2, 0.25) is 0 Å². The maximum Gasteiger partial charge on any atom is 0.133 e. The Morgan fingerprint density at radius 1 is 1.44 bits per heavy atom. The van der Waals surface area contributed by atoms with E-state index in [4.69, 9.17) is 4.74 Å². The van der Waals surface area contributed by atoms with Gasteiger partial charge in [0.05, 0.1) is 11.6 Å². The number of aliphatic hydroxyl groups is 1. The minimum Gasteiger partial charge on any atom is -0.496 e. The lowest BCUT2D eigenvalue weighted by molar-refractivity contribution is 0.217. The molecule has 90 valence electrons. The van der Waals surface area contributed by atoms with Gasteiger partial charge in [0, 0.05) is 6.61 Å². The minimum atomic E-state index is 0.261. The number of aliphatic hydroxyl groups excluding tert-OH is 1. The zero-order chi connectivity index (χ0) is 12.0. The first kappa shape index (κ1) is 13.5. The van der Waals surface area contributed by atoms with Crippen molar-refractivity contribution < 1.29 is 9.84 Å². The normalized spacial score (nSPS) is 12.5. The molecule has 1 atom stereocenters. The monoisotopic (exact) mass is 286 g/mol. The number of benzene rings is 1. The van der Waals surface area contributed by atoms with Crippen molar-refractivity contribution in [3.63, 3.8) is 0 Å². The van der Waals surface area contributed by atoms with Gasteiger partial charge in [0.25, 0.3) is 0 Å². The Hall–Kier alpha value is -0.540. The number of hydrogen-bond acceptors (Lipinski definition) is 2. The fourth-order valence-electron chi connectivity index (χ4n) is 1.84. The second kappa shape index (κ2) is 6.92. The van der Waals surface area contributed by atoms with E-state index in [-0.39, 0.29) is 6.61 Å². The van der Waals surface area contributed by atoms with Crippen LogP contribution in [0.25, 0.3) is 0 Å². The van der Waals surface area contributed by atoms with Crippen LogP contribution in [0.4, 0.5) is 0 Å². The Morgan fingerprint density at radius 2 is 2.19 bits per heavy atom. The summed E-state index contributed by atoms with van der Waals surface area (Å²) < 4.78 is 6.16. The van der Waals surface area contributed by atoms with E-state index in [0.717, 1.165) is 29.5 Å². The molecule has 0 amide bonds. The molecule has 0 radical (unpaired) electrons. The van der Waals surface area contributed by atoms with Crippen molar-refractivity contribution >= 4 is 15.9 Å². The van der Waals surface area contributed by atoms with Crippen molar-refractivity contribution in [2.45, 2.75) is 26.2 Å². The molecule has 1 rings (SSSR count). The molecule has 0 saturated carbocycles. The van der Waals surface area contributed by atoms with Gasteiger partial charge in [-0.05, 0) is 52.4 Å². The summed E-state index contributed by atoms with van der Waals surface area (Å²) >= 11 is 3.47. The van der Waals surface area contributed by atoms with Crippen molar-refractivity contribution in [3.05, 3.63) is 28.2 Å². The van der Waals surface area contributed by atoms with Crippen LogP contribution < -0.4 is 4.74 Å². The molecule has 3 heteroatoms. The zero-order valence-corrected chi connectivity index (χ0v) is 11.5. The fraction of sp³-hybridized carbons (Fsp3) is 0.538. The molecule has 0 fully saturated rings. The number of rotatable bonds is 6. The van der Waals surface area contributed by atoms with Crippen LogP contribution in [0, 0.1) is 5.92 Å². The van der Waals surface area contributed by atoms with Gasteiger partial charge in [0.15, 0.2) is 0 Å². The Morgan fingerprint density at radius 3 is 2.69 bits per heavy atom. The highest BCUT2D eigenvalue weighted by molar-refractivity contribution is 9.10. The van der Waals surface area contributed by atoms with Crippen molar-refractivity contribution in [1.82, 2.24) is 0 Å². The van der Waals surface area contributed by atoms with Gasteiger partial charge in [0.1, 0.15) is 5.75 Å². The van der Waals surface area contributed by atoms with Crippen LogP contribution in [-0.2, 0) is 6.42 Å². The van der Waals surface area contributed by atoms with E-state index in [2.05, 4.69) is 35.0 Å². The highest BCUT2D eigenvalue weighted by Gasteiger charge is 2.09. The average Bonchev–Trinajstić information content (AvgIpc) is 2.28. The molecule has 0 aliphatic rings. The van der Waals surface area contributed by atoms with Gasteiger partial charge in [0.2, 0.25) is 0 Å². The highest BCUT2D eigenvalue weighted by atomic mass is 79.9. The Labute approximate surface area is 106 Å². The molecule has 1 aromatic rings. The Balaban J connectivity index is 2.69. The second-order valence-electron chi connectivity index (χ2n) is 4.01. The highest BCUT2D eigenvalue weighted by Crippen LogP contribution is 2.27. The molecule has 0 bridgehead atoms. The van der Waals surface area contributed by atoms with Gasteiger partial charge in [-0.3, -0.25) is 0 Å². The molecule has 16 heavy (non-hydrogen) atoms. The fourth-order valence-corrected chi connectivity index (χ4v) is 2.42. The predicted molar refractivity (Wildman–Crippen MR) is 69.9 cm³/mol. The molecule has 2 nitrogen and oxygen atoms in total. The number of halogens is 1. The average molecular weight is 287 g/mol. The van der Waals surface area contributed by atoms with Crippen LogP contribution in [0.15, 0.2) is 22.7 Å². The molecule has 0 saturated heterocycles. The van der Waals surface area contributed by atoms with Crippen molar-refractivity contribution in [2.75, 3.05) is 13.7 Å². The molecular formula is C13H19BrO2. The molecule has 1 unspecified atom stereocenters. The molecule has 0 spiro atoms. The van der Waals surface area contributed by atoms with E-state index in [1.807, 2.05) is 6.07 Å². The lowest BCUT2D eigenvalue weighted by atomic mass is 9.96. The lowest BCUT2D eigenvalue weighted by Crippen LogP contribution is -2.09.